The van der Waals surface area contributed by atoms with Gasteiger partial charge in [0.2, 0.25) is 0 Å². The second-order valence-corrected chi connectivity index (χ2v) is 7.43. The average molecular weight is 387 g/mol. The largest absolute Gasteiger partial charge is 0.493 e. The predicted molar refractivity (Wildman–Crippen MR) is 105 cm³/mol. The Labute approximate surface area is 164 Å². The zero-order valence-electron chi connectivity index (χ0n) is 15.7. The lowest BCUT2D eigenvalue weighted by Crippen LogP contribution is -2.41. The van der Waals surface area contributed by atoms with Gasteiger partial charge in [-0.1, -0.05) is 35.9 Å². The number of amides is 3. The minimum absolute atomic E-state index is 0.262. The molecule has 1 N–H and O–H groups in total. The maximum absolute atomic E-state index is 12.9. The quantitative estimate of drug-likeness (QED) is 0.598. The van der Waals surface area contributed by atoms with Crippen LogP contribution in [0, 0.1) is 13.8 Å². The van der Waals surface area contributed by atoms with Crippen LogP contribution in [-0.2, 0) is 10.3 Å². The van der Waals surface area contributed by atoms with Crippen molar-refractivity contribution in [3.63, 3.8) is 0 Å². The van der Waals surface area contributed by atoms with Crippen LogP contribution in [0.2, 0.25) is 5.02 Å². The molecule has 3 rings (SSSR count). The van der Waals surface area contributed by atoms with Crippen LogP contribution in [0.25, 0.3) is 0 Å². The van der Waals surface area contributed by atoms with E-state index in [9.17, 15) is 9.59 Å². The number of urea groups is 1. The summed E-state index contributed by atoms with van der Waals surface area (Å²) >= 11 is 5.92. The molecule has 0 saturated carbocycles. The molecular weight excluding hydrogens is 364 g/mol. The first-order valence-corrected chi connectivity index (χ1v) is 9.29. The molecule has 1 fully saturated rings. The van der Waals surface area contributed by atoms with Gasteiger partial charge in [0.25, 0.3) is 5.91 Å². The van der Waals surface area contributed by atoms with E-state index in [0.717, 1.165) is 16.9 Å². The van der Waals surface area contributed by atoms with E-state index in [1.54, 1.807) is 31.2 Å². The highest BCUT2D eigenvalue weighted by atomic mass is 35.5. The van der Waals surface area contributed by atoms with E-state index in [1.807, 2.05) is 32.0 Å². The van der Waals surface area contributed by atoms with E-state index in [-0.39, 0.29) is 11.9 Å². The predicted octanol–water partition coefficient (Wildman–Crippen LogP) is 4.19. The highest BCUT2D eigenvalue weighted by Crippen LogP contribution is 2.29. The van der Waals surface area contributed by atoms with Crippen LogP contribution in [0.1, 0.15) is 30.0 Å². The Morgan fingerprint density at radius 2 is 1.81 bits per heavy atom. The summed E-state index contributed by atoms with van der Waals surface area (Å²) in [5, 5.41) is 3.38. The molecule has 2 aromatic rings. The summed E-state index contributed by atoms with van der Waals surface area (Å²) in [5.74, 6) is 0.569. The molecule has 0 aromatic heterocycles. The van der Waals surface area contributed by atoms with Crippen molar-refractivity contribution >= 4 is 23.5 Å². The van der Waals surface area contributed by atoms with E-state index in [4.69, 9.17) is 16.3 Å². The van der Waals surface area contributed by atoms with Crippen LogP contribution in [0.4, 0.5) is 4.79 Å². The maximum atomic E-state index is 12.9. The standard InChI is InChI=1S/C21H23ClN2O3/c1-14-5-6-15(2)18(13-14)27-12-4-11-24-19(25)21(3,23-20(24)26)16-7-9-17(22)10-8-16/h5-10,13H,4,11-12H2,1-3H3,(H,23,26). The summed E-state index contributed by atoms with van der Waals surface area (Å²) < 4.78 is 5.81. The van der Waals surface area contributed by atoms with Gasteiger partial charge >= 0.3 is 6.03 Å². The molecular formula is C21H23ClN2O3. The van der Waals surface area contributed by atoms with Crippen LogP contribution < -0.4 is 10.1 Å². The number of benzene rings is 2. The molecule has 2 aromatic carbocycles. The highest BCUT2D eigenvalue weighted by Gasteiger charge is 2.48. The van der Waals surface area contributed by atoms with Crippen molar-refractivity contribution in [1.29, 1.82) is 0 Å². The first-order valence-electron chi connectivity index (χ1n) is 8.91. The Balaban J connectivity index is 1.61. The van der Waals surface area contributed by atoms with E-state index in [1.165, 1.54) is 4.90 Å². The fourth-order valence-electron chi connectivity index (χ4n) is 3.15. The van der Waals surface area contributed by atoms with Crippen molar-refractivity contribution in [2.75, 3.05) is 13.2 Å². The molecule has 1 aliphatic heterocycles. The van der Waals surface area contributed by atoms with E-state index >= 15 is 0 Å². The van der Waals surface area contributed by atoms with Crippen molar-refractivity contribution in [3.8, 4) is 5.75 Å². The molecule has 142 valence electrons. The Morgan fingerprint density at radius 1 is 1.11 bits per heavy atom. The fourth-order valence-corrected chi connectivity index (χ4v) is 3.27. The van der Waals surface area contributed by atoms with Gasteiger partial charge in [0.05, 0.1) is 6.61 Å². The van der Waals surface area contributed by atoms with Gasteiger partial charge in [-0.15, -0.1) is 0 Å². The van der Waals surface area contributed by atoms with Crippen molar-refractivity contribution in [1.82, 2.24) is 10.2 Å². The number of halogens is 1. The van der Waals surface area contributed by atoms with Crippen LogP contribution in [0.3, 0.4) is 0 Å². The molecule has 0 aliphatic carbocycles. The number of nitrogens with zero attached hydrogens (tertiary/aromatic N) is 1. The van der Waals surface area contributed by atoms with Gasteiger partial charge in [-0.25, -0.2) is 4.79 Å². The molecule has 0 spiro atoms. The van der Waals surface area contributed by atoms with Gasteiger partial charge in [0.15, 0.2) is 0 Å². The van der Waals surface area contributed by atoms with E-state index < -0.39 is 5.54 Å². The lowest BCUT2D eigenvalue weighted by molar-refractivity contribution is -0.131. The monoisotopic (exact) mass is 386 g/mol. The molecule has 1 heterocycles. The third-order valence-electron chi connectivity index (χ3n) is 4.82. The van der Waals surface area contributed by atoms with Gasteiger partial charge < -0.3 is 10.1 Å². The van der Waals surface area contributed by atoms with Gasteiger partial charge in [-0.05, 0) is 62.1 Å². The van der Waals surface area contributed by atoms with Crippen LogP contribution in [0.5, 0.6) is 5.75 Å². The number of imide groups is 1. The molecule has 1 atom stereocenters. The zero-order valence-corrected chi connectivity index (χ0v) is 16.5. The summed E-state index contributed by atoms with van der Waals surface area (Å²) in [6.45, 7) is 6.45. The molecule has 1 saturated heterocycles. The SMILES string of the molecule is Cc1ccc(C)c(OCCCN2C(=O)NC(C)(c3ccc(Cl)cc3)C2=O)c1. The fraction of sp³-hybridized carbons (Fsp3) is 0.333. The zero-order chi connectivity index (χ0) is 19.6. The number of carbonyl (C=O) groups excluding carboxylic acids is 2. The normalized spacial score (nSPS) is 19.3. The summed E-state index contributed by atoms with van der Waals surface area (Å²) in [6.07, 6.45) is 0.559. The van der Waals surface area contributed by atoms with E-state index in [2.05, 4.69) is 5.32 Å². The lowest BCUT2D eigenvalue weighted by Gasteiger charge is -2.22. The Kier molecular flexibility index (Phi) is 5.42. The molecule has 0 radical (unpaired) electrons. The number of ether oxygens (including phenoxy) is 1. The molecule has 5 nitrogen and oxygen atoms in total. The molecule has 3 amide bonds. The third kappa shape index (κ3) is 3.93. The maximum Gasteiger partial charge on any atom is 0.325 e. The number of rotatable bonds is 6. The van der Waals surface area contributed by atoms with Gasteiger partial charge in [-0.2, -0.15) is 0 Å². The molecule has 6 heteroatoms. The second-order valence-electron chi connectivity index (χ2n) is 6.99. The second kappa shape index (κ2) is 7.61. The summed E-state index contributed by atoms with van der Waals surface area (Å²) in [4.78, 5) is 26.4. The minimum Gasteiger partial charge on any atom is -0.493 e. The van der Waals surface area contributed by atoms with Gasteiger partial charge in [0, 0.05) is 11.6 Å². The lowest BCUT2D eigenvalue weighted by atomic mass is 9.92. The van der Waals surface area contributed by atoms with Gasteiger partial charge in [-0.3, -0.25) is 9.69 Å². The molecule has 1 unspecified atom stereocenters. The summed E-state index contributed by atoms with van der Waals surface area (Å²) in [6, 6.07) is 12.6. The topological polar surface area (TPSA) is 58.6 Å². The number of aryl methyl sites for hydroxylation is 2. The van der Waals surface area contributed by atoms with Crippen molar-refractivity contribution in [2.45, 2.75) is 32.7 Å². The highest BCUT2D eigenvalue weighted by molar-refractivity contribution is 6.30. The van der Waals surface area contributed by atoms with Crippen molar-refractivity contribution < 1.29 is 14.3 Å². The Morgan fingerprint density at radius 3 is 2.52 bits per heavy atom. The first-order chi connectivity index (χ1) is 12.8. The smallest absolute Gasteiger partial charge is 0.325 e. The van der Waals surface area contributed by atoms with E-state index in [0.29, 0.717) is 30.2 Å². The Hall–Kier alpha value is -2.53. The first kappa shape index (κ1) is 19.2. The number of hydrogen-bond acceptors (Lipinski definition) is 3. The summed E-state index contributed by atoms with van der Waals surface area (Å²) in [5.41, 5.74) is 1.82. The van der Waals surface area contributed by atoms with Crippen LogP contribution in [-0.4, -0.2) is 30.0 Å². The van der Waals surface area contributed by atoms with Crippen molar-refractivity contribution in [3.05, 3.63) is 64.2 Å². The third-order valence-corrected chi connectivity index (χ3v) is 5.08. The van der Waals surface area contributed by atoms with Crippen LogP contribution in [0.15, 0.2) is 42.5 Å². The number of hydrogen-bond donors (Lipinski definition) is 1. The van der Waals surface area contributed by atoms with Gasteiger partial charge in [0.1, 0.15) is 11.3 Å². The number of carbonyl (C=O) groups is 2. The molecule has 27 heavy (non-hydrogen) atoms. The van der Waals surface area contributed by atoms with Crippen LogP contribution >= 0.6 is 11.6 Å². The molecule has 1 aliphatic rings. The minimum atomic E-state index is -1.07. The van der Waals surface area contributed by atoms with Crippen molar-refractivity contribution in [2.24, 2.45) is 0 Å². The average Bonchev–Trinajstić information content (AvgIpc) is 2.85. The Bertz CT molecular complexity index is 866. The molecule has 0 bridgehead atoms. The number of nitrogens with one attached hydrogen (secondary N) is 1. The summed E-state index contributed by atoms with van der Waals surface area (Å²) in [7, 11) is 0.